The number of halogens is 3. The molecule has 1 saturated carbocycles. The van der Waals surface area contributed by atoms with Crippen molar-refractivity contribution in [2.24, 2.45) is 0 Å². The first-order chi connectivity index (χ1) is 8.90. The summed E-state index contributed by atoms with van der Waals surface area (Å²) in [6, 6.07) is 2.89. The fraction of sp³-hybridized carbons (Fsp3) is 0.500. The maximum atomic E-state index is 12.3. The lowest BCUT2D eigenvalue weighted by atomic mass is 9.96. The molecular formula is C12H14BrCl2NO2S. The summed E-state index contributed by atoms with van der Waals surface area (Å²) in [5, 5.41) is 0.555. The molecule has 1 aromatic carbocycles. The fourth-order valence-electron chi connectivity index (χ4n) is 2.21. The second kappa shape index (κ2) is 6.31. The molecule has 0 radical (unpaired) electrons. The van der Waals surface area contributed by atoms with E-state index >= 15 is 0 Å². The van der Waals surface area contributed by atoms with Crippen molar-refractivity contribution >= 4 is 49.2 Å². The number of hydrogen-bond donors (Lipinski definition) is 1. The molecule has 0 unspecified atom stereocenters. The van der Waals surface area contributed by atoms with Crippen molar-refractivity contribution in [3.05, 3.63) is 26.7 Å². The minimum absolute atomic E-state index is 0.0140. The topological polar surface area (TPSA) is 46.2 Å². The molecule has 0 bridgehead atoms. The van der Waals surface area contributed by atoms with Gasteiger partial charge in [-0.1, -0.05) is 42.5 Å². The Labute approximate surface area is 131 Å². The molecule has 19 heavy (non-hydrogen) atoms. The lowest BCUT2D eigenvalue weighted by Gasteiger charge is -2.23. The predicted octanol–water partition coefficient (Wildman–Crippen LogP) is 4.37. The molecule has 1 aliphatic carbocycles. The fourth-order valence-corrected chi connectivity index (χ4v) is 5.11. The first-order valence-electron chi connectivity index (χ1n) is 6.07. The van der Waals surface area contributed by atoms with Gasteiger partial charge in [0.15, 0.2) is 0 Å². The van der Waals surface area contributed by atoms with Crippen LogP contribution in [0, 0.1) is 0 Å². The molecule has 0 aliphatic heterocycles. The molecule has 1 N–H and O–H groups in total. The molecule has 3 nitrogen and oxygen atoms in total. The Kier molecular flexibility index (Phi) is 5.17. The molecule has 2 rings (SSSR count). The summed E-state index contributed by atoms with van der Waals surface area (Å²) >= 11 is 15.0. The predicted molar refractivity (Wildman–Crippen MR) is 81.4 cm³/mol. The van der Waals surface area contributed by atoms with Crippen LogP contribution in [0.3, 0.4) is 0 Å². The maximum absolute atomic E-state index is 12.3. The molecule has 0 amide bonds. The Balaban J connectivity index is 2.26. The first-order valence-corrected chi connectivity index (χ1v) is 9.10. The van der Waals surface area contributed by atoms with Crippen molar-refractivity contribution in [2.45, 2.75) is 43.0 Å². The summed E-state index contributed by atoms with van der Waals surface area (Å²) in [4.78, 5) is 0.132. The summed E-state index contributed by atoms with van der Waals surface area (Å²) in [6.45, 7) is 0. The summed E-state index contributed by atoms with van der Waals surface area (Å²) in [7, 11) is -3.57. The molecule has 0 atom stereocenters. The van der Waals surface area contributed by atoms with E-state index in [1.807, 2.05) is 0 Å². The van der Waals surface area contributed by atoms with Gasteiger partial charge in [-0.3, -0.25) is 0 Å². The molecule has 106 valence electrons. The van der Waals surface area contributed by atoms with Crippen LogP contribution >= 0.6 is 39.1 Å². The van der Waals surface area contributed by atoms with Gasteiger partial charge in [0, 0.05) is 10.5 Å². The third-order valence-corrected chi connectivity index (χ3v) is 6.39. The Bertz CT molecular complexity index is 571. The van der Waals surface area contributed by atoms with Crippen LogP contribution in [0.5, 0.6) is 0 Å². The van der Waals surface area contributed by atoms with Crippen molar-refractivity contribution in [1.29, 1.82) is 0 Å². The van der Waals surface area contributed by atoms with Crippen molar-refractivity contribution < 1.29 is 8.42 Å². The van der Waals surface area contributed by atoms with Gasteiger partial charge in [-0.2, -0.15) is 0 Å². The van der Waals surface area contributed by atoms with Gasteiger partial charge in [0.2, 0.25) is 10.0 Å². The van der Waals surface area contributed by atoms with Crippen LogP contribution < -0.4 is 4.72 Å². The number of hydrogen-bond acceptors (Lipinski definition) is 2. The van der Waals surface area contributed by atoms with E-state index in [4.69, 9.17) is 23.2 Å². The van der Waals surface area contributed by atoms with E-state index in [0.717, 1.165) is 25.7 Å². The van der Waals surface area contributed by atoms with Crippen molar-refractivity contribution in [2.75, 3.05) is 0 Å². The maximum Gasteiger partial charge on any atom is 0.241 e. The van der Waals surface area contributed by atoms with Crippen LogP contribution in [-0.4, -0.2) is 14.5 Å². The molecule has 7 heteroatoms. The van der Waals surface area contributed by atoms with Crippen LogP contribution in [0.4, 0.5) is 0 Å². The van der Waals surface area contributed by atoms with E-state index < -0.39 is 10.0 Å². The zero-order valence-electron chi connectivity index (χ0n) is 10.1. The average molecular weight is 387 g/mol. The third-order valence-electron chi connectivity index (χ3n) is 3.19. The molecular weight excluding hydrogens is 373 g/mol. The monoisotopic (exact) mass is 385 g/mol. The van der Waals surface area contributed by atoms with Crippen LogP contribution in [0.1, 0.15) is 32.1 Å². The van der Waals surface area contributed by atoms with Gasteiger partial charge in [0.1, 0.15) is 0 Å². The van der Waals surface area contributed by atoms with Crippen molar-refractivity contribution in [3.8, 4) is 0 Å². The molecule has 0 aromatic heterocycles. The minimum Gasteiger partial charge on any atom is -0.208 e. The van der Waals surface area contributed by atoms with Gasteiger partial charge < -0.3 is 0 Å². The lowest BCUT2D eigenvalue weighted by molar-refractivity contribution is 0.412. The molecule has 0 spiro atoms. The smallest absolute Gasteiger partial charge is 0.208 e. The number of benzene rings is 1. The highest BCUT2D eigenvalue weighted by molar-refractivity contribution is 9.10. The summed E-state index contributed by atoms with van der Waals surface area (Å²) in [5.74, 6) is 0. The van der Waals surface area contributed by atoms with Crippen LogP contribution in [-0.2, 0) is 10.0 Å². The van der Waals surface area contributed by atoms with Gasteiger partial charge in [-0.05, 0) is 40.9 Å². The zero-order valence-corrected chi connectivity index (χ0v) is 14.0. The number of rotatable bonds is 3. The van der Waals surface area contributed by atoms with Gasteiger partial charge in [0.25, 0.3) is 0 Å². The highest BCUT2D eigenvalue weighted by Gasteiger charge is 2.24. The van der Waals surface area contributed by atoms with Crippen LogP contribution in [0.2, 0.25) is 10.0 Å². The van der Waals surface area contributed by atoms with Crippen molar-refractivity contribution in [3.63, 3.8) is 0 Å². The summed E-state index contributed by atoms with van der Waals surface area (Å²) < 4.78 is 27.8. The van der Waals surface area contributed by atoms with Gasteiger partial charge in [-0.15, -0.1) is 0 Å². The zero-order chi connectivity index (χ0) is 14.0. The van der Waals surface area contributed by atoms with Gasteiger partial charge >= 0.3 is 0 Å². The van der Waals surface area contributed by atoms with Gasteiger partial charge in [0.05, 0.1) is 14.9 Å². The molecule has 1 aromatic rings. The Hall–Kier alpha value is 0.190. The Morgan fingerprint density at radius 3 is 2.32 bits per heavy atom. The molecule has 0 heterocycles. The Morgan fingerprint density at radius 1 is 1.11 bits per heavy atom. The highest BCUT2D eigenvalue weighted by atomic mass is 79.9. The van der Waals surface area contributed by atoms with Crippen LogP contribution in [0.25, 0.3) is 0 Å². The van der Waals surface area contributed by atoms with E-state index in [1.165, 1.54) is 18.6 Å². The van der Waals surface area contributed by atoms with E-state index in [0.29, 0.717) is 9.50 Å². The normalized spacial score (nSPS) is 17.6. The molecule has 0 saturated heterocycles. The largest absolute Gasteiger partial charge is 0.241 e. The van der Waals surface area contributed by atoms with E-state index in [2.05, 4.69) is 20.7 Å². The van der Waals surface area contributed by atoms with Crippen molar-refractivity contribution in [1.82, 2.24) is 4.72 Å². The van der Waals surface area contributed by atoms with E-state index in [-0.39, 0.29) is 16.0 Å². The average Bonchev–Trinajstić information content (AvgIpc) is 2.34. The summed E-state index contributed by atoms with van der Waals surface area (Å²) in [5.41, 5.74) is 0. The molecule has 1 fully saturated rings. The lowest BCUT2D eigenvalue weighted by Crippen LogP contribution is -2.36. The third kappa shape index (κ3) is 3.85. The second-order valence-corrected chi connectivity index (χ2v) is 8.00. The summed E-state index contributed by atoms with van der Waals surface area (Å²) in [6.07, 6.45) is 5.08. The van der Waals surface area contributed by atoms with Gasteiger partial charge in [-0.25, -0.2) is 13.1 Å². The minimum atomic E-state index is -3.57. The second-order valence-electron chi connectivity index (χ2n) is 4.65. The highest BCUT2D eigenvalue weighted by Crippen LogP contribution is 2.32. The van der Waals surface area contributed by atoms with E-state index in [1.54, 1.807) is 0 Å². The standard InChI is InChI=1S/C12H14BrCl2NO2S/c13-9-6-10(14)11(15)7-12(9)19(17,18)16-8-4-2-1-3-5-8/h6-8,16H,1-5H2. The SMILES string of the molecule is O=S(=O)(NC1CCCCC1)c1cc(Cl)c(Cl)cc1Br. The quantitative estimate of drug-likeness (QED) is 0.784. The first kappa shape index (κ1) is 15.6. The Morgan fingerprint density at radius 2 is 1.68 bits per heavy atom. The molecule has 1 aliphatic rings. The van der Waals surface area contributed by atoms with Crippen LogP contribution in [0.15, 0.2) is 21.5 Å². The van der Waals surface area contributed by atoms with E-state index in [9.17, 15) is 8.42 Å². The number of sulfonamides is 1. The number of nitrogens with one attached hydrogen (secondary N) is 1.